The van der Waals surface area contributed by atoms with Gasteiger partial charge in [0.15, 0.2) is 0 Å². The second-order valence-electron chi connectivity index (χ2n) is 6.07. The summed E-state index contributed by atoms with van der Waals surface area (Å²) in [5, 5.41) is 4.15. The smallest absolute Gasteiger partial charge is 0.223 e. The van der Waals surface area contributed by atoms with E-state index in [1.165, 1.54) is 5.56 Å². The van der Waals surface area contributed by atoms with E-state index in [0.29, 0.717) is 5.95 Å². The maximum absolute atomic E-state index is 6.04. The van der Waals surface area contributed by atoms with Gasteiger partial charge in [0.05, 0.1) is 19.3 Å². The maximum atomic E-state index is 6.04. The zero-order valence-corrected chi connectivity index (χ0v) is 14.9. The molecule has 0 radical (unpaired) electrons. The molecule has 0 spiro atoms. The minimum absolute atomic E-state index is 0.232. The summed E-state index contributed by atoms with van der Waals surface area (Å²) in [6, 6.07) is 10.3. The van der Waals surface area contributed by atoms with Gasteiger partial charge < -0.3 is 10.1 Å². The van der Waals surface area contributed by atoms with Crippen LogP contribution in [0.2, 0.25) is 5.02 Å². The lowest BCUT2D eigenvalue weighted by atomic mass is 10.0. The van der Waals surface area contributed by atoms with Crippen LogP contribution < -0.4 is 5.32 Å². The minimum atomic E-state index is 0.232. The molecule has 1 aliphatic heterocycles. The second kappa shape index (κ2) is 7.92. The van der Waals surface area contributed by atoms with E-state index in [9.17, 15) is 0 Å². The average molecular weight is 347 g/mol. The number of halogens is 1. The number of anilines is 1. The average Bonchev–Trinajstić information content (AvgIpc) is 2.57. The molecule has 1 aromatic carbocycles. The fraction of sp³-hybridized carbons (Fsp3) is 0.444. The molecule has 0 aliphatic carbocycles. The summed E-state index contributed by atoms with van der Waals surface area (Å²) in [4.78, 5) is 11.4. The van der Waals surface area contributed by atoms with Gasteiger partial charge in [-0.3, -0.25) is 4.90 Å². The molecular formula is C18H23ClN4O. The molecular weight excluding hydrogens is 324 g/mol. The van der Waals surface area contributed by atoms with Crippen molar-refractivity contribution in [1.29, 1.82) is 0 Å². The second-order valence-corrected chi connectivity index (χ2v) is 6.51. The first kappa shape index (κ1) is 17.1. The molecule has 5 nitrogen and oxygen atoms in total. The first-order valence-corrected chi connectivity index (χ1v) is 8.63. The van der Waals surface area contributed by atoms with Crippen molar-refractivity contribution in [3.8, 4) is 0 Å². The van der Waals surface area contributed by atoms with Gasteiger partial charge >= 0.3 is 0 Å². The van der Waals surface area contributed by atoms with Crippen LogP contribution in [-0.4, -0.2) is 47.7 Å². The fourth-order valence-electron chi connectivity index (χ4n) is 3.02. The molecule has 1 aromatic heterocycles. The van der Waals surface area contributed by atoms with E-state index in [2.05, 4.69) is 32.3 Å². The maximum Gasteiger partial charge on any atom is 0.223 e. The van der Waals surface area contributed by atoms with E-state index in [0.717, 1.165) is 49.3 Å². The van der Waals surface area contributed by atoms with Crippen LogP contribution >= 0.6 is 11.6 Å². The SMILES string of the molecule is Cc1cc(C)nc(NCC(c2ccc(Cl)cc2)N2CCOCC2)n1. The molecule has 1 fully saturated rings. The van der Waals surface area contributed by atoms with Crippen molar-refractivity contribution in [2.75, 3.05) is 38.2 Å². The van der Waals surface area contributed by atoms with E-state index >= 15 is 0 Å². The van der Waals surface area contributed by atoms with Crippen LogP contribution in [0.4, 0.5) is 5.95 Å². The summed E-state index contributed by atoms with van der Waals surface area (Å²) < 4.78 is 5.49. The Balaban J connectivity index is 1.77. The van der Waals surface area contributed by atoms with Crippen molar-refractivity contribution < 1.29 is 4.74 Å². The highest BCUT2D eigenvalue weighted by Gasteiger charge is 2.22. The van der Waals surface area contributed by atoms with Crippen molar-refractivity contribution in [3.63, 3.8) is 0 Å². The molecule has 1 atom stereocenters. The molecule has 6 heteroatoms. The fourth-order valence-corrected chi connectivity index (χ4v) is 3.15. The Kier molecular flexibility index (Phi) is 5.66. The number of nitrogens with one attached hydrogen (secondary N) is 1. The third-order valence-corrected chi connectivity index (χ3v) is 4.43. The van der Waals surface area contributed by atoms with E-state index in [1.807, 2.05) is 32.0 Å². The van der Waals surface area contributed by atoms with Gasteiger partial charge in [0.1, 0.15) is 0 Å². The first-order valence-electron chi connectivity index (χ1n) is 8.25. The molecule has 0 saturated carbocycles. The highest BCUT2D eigenvalue weighted by molar-refractivity contribution is 6.30. The molecule has 1 aliphatic rings. The molecule has 3 rings (SSSR count). The van der Waals surface area contributed by atoms with E-state index in [4.69, 9.17) is 16.3 Å². The summed E-state index contributed by atoms with van der Waals surface area (Å²) in [6.07, 6.45) is 0. The highest BCUT2D eigenvalue weighted by Crippen LogP contribution is 2.24. The van der Waals surface area contributed by atoms with Gasteiger partial charge in [-0.05, 0) is 37.6 Å². The topological polar surface area (TPSA) is 50.3 Å². The lowest BCUT2D eigenvalue weighted by Gasteiger charge is -2.35. The quantitative estimate of drug-likeness (QED) is 0.900. The van der Waals surface area contributed by atoms with E-state index in [1.54, 1.807) is 0 Å². The Bertz CT molecular complexity index is 651. The number of rotatable bonds is 5. The minimum Gasteiger partial charge on any atom is -0.379 e. The molecule has 0 amide bonds. The van der Waals surface area contributed by atoms with Gasteiger partial charge in [0.25, 0.3) is 0 Å². The lowest BCUT2D eigenvalue weighted by Crippen LogP contribution is -2.41. The Morgan fingerprint density at radius 3 is 2.38 bits per heavy atom. The van der Waals surface area contributed by atoms with Crippen LogP contribution in [0.5, 0.6) is 0 Å². The van der Waals surface area contributed by atoms with Crippen LogP contribution in [0.1, 0.15) is 23.0 Å². The zero-order chi connectivity index (χ0) is 16.9. The van der Waals surface area contributed by atoms with Gasteiger partial charge in [-0.1, -0.05) is 23.7 Å². The Hall–Kier alpha value is -1.69. The molecule has 0 bridgehead atoms. The van der Waals surface area contributed by atoms with Crippen molar-refractivity contribution in [3.05, 3.63) is 52.3 Å². The number of ether oxygens (including phenoxy) is 1. The summed E-state index contributed by atoms with van der Waals surface area (Å²) in [5.74, 6) is 0.680. The lowest BCUT2D eigenvalue weighted by molar-refractivity contribution is 0.0187. The molecule has 1 saturated heterocycles. The van der Waals surface area contributed by atoms with Crippen LogP contribution in [-0.2, 0) is 4.74 Å². The first-order chi connectivity index (χ1) is 11.6. The van der Waals surface area contributed by atoms with E-state index in [-0.39, 0.29) is 6.04 Å². The summed E-state index contributed by atoms with van der Waals surface area (Å²) in [7, 11) is 0. The normalized spacial score (nSPS) is 16.8. The third kappa shape index (κ3) is 4.44. The predicted molar refractivity (Wildman–Crippen MR) is 96.6 cm³/mol. The number of hydrogen-bond acceptors (Lipinski definition) is 5. The number of hydrogen-bond donors (Lipinski definition) is 1. The van der Waals surface area contributed by atoms with Crippen molar-refractivity contribution >= 4 is 17.5 Å². The molecule has 2 aromatic rings. The number of morpholine rings is 1. The largest absolute Gasteiger partial charge is 0.379 e. The Morgan fingerprint density at radius 2 is 1.75 bits per heavy atom. The molecule has 24 heavy (non-hydrogen) atoms. The molecule has 1 N–H and O–H groups in total. The zero-order valence-electron chi connectivity index (χ0n) is 14.1. The molecule has 128 valence electrons. The Labute approximate surface area is 148 Å². The molecule has 2 heterocycles. The number of aromatic nitrogens is 2. The number of nitrogens with zero attached hydrogens (tertiary/aromatic N) is 3. The van der Waals surface area contributed by atoms with Gasteiger partial charge in [0, 0.05) is 36.0 Å². The monoisotopic (exact) mass is 346 g/mol. The standard InChI is InChI=1S/C18H23ClN4O/c1-13-11-14(2)22-18(21-13)20-12-17(23-7-9-24-10-8-23)15-3-5-16(19)6-4-15/h3-6,11,17H,7-10,12H2,1-2H3,(H,20,21,22). The van der Waals surface area contributed by atoms with Crippen LogP contribution in [0.25, 0.3) is 0 Å². The number of benzene rings is 1. The van der Waals surface area contributed by atoms with Gasteiger partial charge in [-0.15, -0.1) is 0 Å². The van der Waals surface area contributed by atoms with Gasteiger partial charge in [-0.25, -0.2) is 9.97 Å². The van der Waals surface area contributed by atoms with Crippen molar-refractivity contribution in [1.82, 2.24) is 14.9 Å². The predicted octanol–water partition coefficient (Wildman–Crippen LogP) is 3.23. The summed E-state index contributed by atoms with van der Waals surface area (Å²) in [6.45, 7) is 8.08. The van der Waals surface area contributed by atoms with Crippen LogP contribution in [0.15, 0.2) is 30.3 Å². The van der Waals surface area contributed by atoms with Crippen LogP contribution in [0.3, 0.4) is 0 Å². The Morgan fingerprint density at radius 1 is 1.12 bits per heavy atom. The van der Waals surface area contributed by atoms with Gasteiger partial charge in [-0.2, -0.15) is 0 Å². The summed E-state index contributed by atoms with van der Waals surface area (Å²) >= 11 is 6.04. The van der Waals surface area contributed by atoms with E-state index < -0.39 is 0 Å². The van der Waals surface area contributed by atoms with Crippen molar-refractivity contribution in [2.24, 2.45) is 0 Å². The third-order valence-electron chi connectivity index (χ3n) is 4.18. The van der Waals surface area contributed by atoms with Crippen molar-refractivity contribution in [2.45, 2.75) is 19.9 Å². The van der Waals surface area contributed by atoms with Gasteiger partial charge in [0.2, 0.25) is 5.95 Å². The number of aryl methyl sites for hydroxylation is 2. The van der Waals surface area contributed by atoms with Crippen LogP contribution in [0, 0.1) is 13.8 Å². The summed E-state index contributed by atoms with van der Waals surface area (Å²) in [5.41, 5.74) is 3.18. The molecule has 1 unspecified atom stereocenters. The highest BCUT2D eigenvalue weighted by atomic mass is 35.5.